The molecule has 92 valence electrons. The molecule has 0 spiro atoms. The van der Waals surface area contributed by atoms with E-state index in [2.05, 4.69) is 10.5 Å². The van der Waals surface area contributed by atoms with Gasteiger partial charge in [-0.15, -0.1) is 0 Å². The van der Waals surface area contributed by atoms with Crippen LogP contribution in [0.5, 0.6) is 0 Å². The van der Waals surface area contributed by atoms with Gasteiger partial charge in [0.1, 0.15) is 0 Å². The van der Waals surface area contributed by atoms with Gasteiger partial charge >= 0.3 is 0 Å². The Kier molecular flexibility index (Phi) is 2.13. The lowest BCUT2D eigenvalue weighted by molar-refractivity contribution is -0.116. The first-order valence-electron chi connectivity index (χ1n) is 5.61. The fourth-order valence-corrected chi connectivity index (χ4v) is 2.52. The van der Waals surface area contributed by atoms with Crippen molar-refractivity contribution in [3.63, 3.8) is 0 Å². The largest absolute Gasteiger partial charge is 0.410 e. The number of rotatable bonds is 0. The summed E-state index contributed by atoms with van der Waals surface area (Å²) in [7, 11) is 0. The predicted octanol–water partition coefficient (Wildman–Crippen LogP) is 0.726. The highest BCUT2D eigenvalue weighted by Gasteiger charge is 2.34. The van der Waals surface area contributed by atoms with Crippen molar-refractivity contribution in [2.45, 2.75) is 13.3 Å². The Hall–Kier alpha value is -2.37. The minimum absolute atomic E-state index is 0.0109. The summed E-state index contributed by atoms with van der Waals surface area (Å²) in [4.78, 5) is 24.8. The SMILES string of the molecule is CC(=O)N1CCc2ccc3c(c21)NC(=O)/C3=N\O. The summed E-state index contributed by atoms with van der Waals surface area (Å²) in [6.07, 6.45) is 0.768. The summed E-state index contributed by atoms with van der Waals surface area (Å²) in [5.41, 5.74) is 2.84. The van der Waals surface area contributed by atoms with Crippen molar-refractivity contribution < 1.29 is 14.8 Å². The van der Waals surface area contributed by atoms with Crippen LogP contribution in [0.1, 0.15) is 18.1 Å². The van der Waals surface area contributed by atoms with E-state index in [0.29, 0.717) is 17.8 Å². The van der Waals surface area contributed by atoms with E-state index < -0.39 is 5.91 Å². The molecule has 2 aliphatic rings. The number of hydrogen-bond donors (Lipinski definition) is 2. The molecule has 0 saturated heterocycles. The van der Waals surface area contributed by atoms with Gasteiger partial charge in [-0.25, -0.2) is 0 Å². The fraction of sp³-hybridized carbons (Fsp3) is 0.250. The van der Waals surface area contributed by atoms with Gasteiger partial charge in [0.05, 0.1) is 11.4 Å². The predicted molar refractivity (Wildman–Crippen MR) is 65.1 cm³/mol. The molecule has 0 aliphatic carbocycles. The Bertz CT molecular complexity index is 607. The number of anilines is 2. The van der Waals surface area contributed by atoms with Crippen molar-refractivity contribution in [2.24, 2.45) is 5.16 Å². The number of carbonyl (C=O) groups is 2. The van der Waals surface area contributed by atoms with Gasteiger partial charge in [0.2, 0.25) is 5.91 Å². The Morgan fingerprint density at radius 1 is 1.50 bits per heavy atom. The van der Waals surface area contributed by atoms with Gasteiger partial charge in [0.25, 0.3) is 5.91 Å². The smallest absolute Gasteiger partial charge is 0.278 e. The van der Waals surface area contributed by atoms with Gasteiger partial charge in [0.15, 0.2) is 5.71 Å². The van der Waals surface area contributed by atoms with Crippen molar-refractivity contribution in [1.82, 2.24) is 0 Å². The zero-order valence-electron chi connectivity index (χ0n) is 9.73. The monoisotopic (exact) mass is 245 g/mol. The number of benzene rings is 1. The summed E-state index contributed by atoms with van der Waals surface area (Å²) in [5.74, 6) is -0.512. The molecule has 3 rings (SSSR count). The molecule has 6 nitrogen and oxygen atoms in total. The molecule has 0 bridgehead atoms. The maximum atomic E-state index is 11.6. The van der Waals surface area contributed by atoms with Gasteiger partial charge in [-0.2, -0.15) is 0 Å². The van der Waals surface area contributed by atoms with Crippen LogP contribution in [0.3, 0.4) is 0 Å². The summed E-state index contributed by atoms with van der Waals surface area (Å²) in [5, 5.41) is 14.5. The molecule has 0 unspecified atom stereocenters. The molecular weight excluding hydrogens is 234 g/mol. The van der Waals surface area contributed by atoms with Gasteiger partial charge in [-0.1, -0.05) is 11.2 Å². The second kappa shape index (κ2) is 3.56. The molecule has 2 amide bonds. The molecule has 18 heavy (non-hydrogen) atoms. The number of oxime groups is 1. The van der Waals surface area contributed by atoms with E-state index in [1.165, 1.54) is 6.92 Å². The average molecular weight is 245 g/mol. The van der Waals surface area contributed by atoms with Crippen LogP contribution in [0.4, 0.5) is 11.4 Å². The molecular formula is C12H11N3O3. The second-order valence-corrected chi connectivity index (χ2v) is 4.32. The van der Waals surface area contributed by atoms with Gasteiger partial charge in [0, 0.05) is 19.0 Å². The van der Waals surface area contributed by atoms with Crippen molar-refractivity contribution in [2.75, 3.05) is 16.8 Å². The minimum Gasteiger partial charge on any atom is -0.410 e. The molecule has 6 heteroatoms. The molecule has 1 aromatic carbocycles. The molecule has 2 heterocycles. The molecule has 0 aromatic heterocycles. The third kappa shape index (κ3) is 1.25. The quantitative estimate of drug-likeness (QED) is 0.522. The Morgan fingerprint density at radius 3 is 2.94 bits per heavy atom. The van der Waals surface area contributed by atoms with Crippen molar-refractivity contribution in [1.29, 1.82) is 0 Å². The van der Waals surface area contributed by atoms with Crippen LogP contribution < -0.4 is 10.2 Å². The maximum absolute atomic E-state index is 11.6. The van der Waals surface area contributed by atoms with E-state index in [1.54, 1.807) is 11.0 Å². The number of nitrogens with one attached hydrogen (secondary N) is 1. The fourth-order valence-electron chi connectivity index (χ4n) is 2.52. The Labute approximate surface area is 103 Å². The number of hydrogen-bond acceptors (Lipinski definition) is 4. The van der Waals surface area contributed by atoms with E-state index in [1.807, 2.05) is 6.07 Å². The topological polar surface area (TPSA) is 82.0 Å². The Morgan fingerprint density at radius 2 is 2.28 bits per heavy atom. The van der Waals surface area contributed by atoms with E-state index in [-0.39, 0.29) is 11.6 Å². The van der Waals surface area contributed by atoms with Crippen LogP contribution in [0.25, 0.3) is 0 Å². The highest BCUT2D eigenvalue weighted by molar-refractivity contribution is 6.54. The Balaban J connectivity index is 2.23. The van der Waals surface area contributed by atoms with Gasteiger partial charge < -0.3 is 15.4 Å². The van der Waals surface area contributed by atoms with Crippen LogP contribution in [-0.4, -0.2) is 29.3 Å². The summed E-state index contributed by atoms with van der Waals surface area (Å²) < 4.78 is 0. The van der Waals surface area contributed by atoms with E-state index in [4.69, 9.17) is 5.21 Å². The normalized spacial score (nSPS) is 18.8. The van der Waals surface area contributed by atoms with Crippen molar-refractivity contribution >= 4 is 28.9 Å². The number of nitrogens with zero attached hydrogens (tertiary/aromatic N) is 2. The first-order chi connectivity index (χ1) is 8.63. The third-order valence-corrected chi connectivity index (χ3v) is 3.32. The second-order valence-electron chi connectivity index (χ2n) is 4.32. The summed E-state index contributed by atoms with van der Waals surface area (Å²) >= 11 is 0. The zero-order valence-corrected chi connectivity index (χ0v) is 9.73. The molecule has 2 N–H and O–H groups in total. The molecule has 1 aromatic rings. The average Bonchev–Trinajstić information content (AvgIpc) is 2.87. The summed E-state index contributed by atoms with van der Waals surface area (Å²) in [6.45, 7) is 2.11. The first-order valence-corrected chi connectivity index (χ1v) is 5.61. The first kappa shape index (κ1) is 10.8. The number of amides is 2. The highest BCUT2D eigenvalue weighted by atomic mass is 16.4. The van der Waals surface area contributed by atoms with Gasteiger partial charge in [-0.05, 0) is 18.1 Å². The van der Waals surface area contributed by atoms with E-state index in [0.717, 1.165) is 17.7 Å². The van der Waals surface area contributed by atoms with E-state index in [9.17, 15) is 9.59 Å². The van der Waals surface area contributed by atoms with Crippen LogP contribution in [0, 0.1) is 0 Å². The lowest BCUT2D eigenvalue weighted by Crippen LogP contribution is -2.26. The minimum atomic E-state index is -0.448. The summed E-state index contributed by atoms with van der Waals surface area (Å²) in [6, 6.07) is 3.60. The molecule has 0 fully saturated rings. The molecule has 0 atom stereocenters. The van der Waals surface area contributed by atoms with Crippen molar-refractivity contribution in [3.8, 4) is 0 Å². The zero-order chi connectivity index (χ0) is 12.9. The van der Waals surface area contributed by atoms with Crippen LogP contribution in [-0.2, 0) is 16.0 Å². The van der Waals surface area contributed by atoms with Crippen molar-refractivity contribution in [3.05, 3.63) is 23.3 Å². The van der Waals surface area contributed by atoms with Crippen LogP contribution in [0.15, 0.2) is 17.3 Å². The van der Waals surface area contributed by atoms with Crippen LogP contribution in [0.2, 0.25) is 0 Å². The molecule has 0 saturated carbocycles. The highest BCUT2D eigenvalue weighted by Crippen LogP contribution is 2.40. The third-order valence-electron chi connectivity index (χ3n) is 3.32. The van der Waals surface area contributed by atoms with Gasteiger partial charge in [-0.3, -0.25) is 9.59 Å². The lowest BCUT2D eigenvalue weighted by atomic mass is 10.1. The molecule has 2 aliphatic heterocycles. The standard InChI is InChI=1S/C12H11N3O3/c1-6(16)15-5-4-7-2-3-8-9(11(7)15)13-12(17)10(8)14-18/h2-3,18H,4-5H2,1H3,(H,13,14,17). The lowest BCUT2D eigenvalue weighted by Gasteiger charge is -2.17. The maximum Gasteiger partial charge on any atom is 0.278 e. The number of carbonyl (C=O) groups excluding carboxylic acids is 2. The molecule has 0 radical (unpaired) electrons. The number of fused-ring (bicyclic) bond motifs is 3. The van der Waals surface area contributed by atoms with E-state index >= 15 is 0 Å². The van der Waals surface area contributed by atoms with Crippen LogP contribution >= 0.6 is 0 Å².